The van der Waals surface area contributed by atoms with Crippen LogP contribution >= 0.6 is 0 Å². The van der Waals surface area contributed by atoms with Gasteiger partial charge in [0.2, 0.25) is 5.88 Å². The molecule has 0 atom stereocenters. The Morgan fingerprint density at radius 2 is 1.83 bits per heavy atom. The number of pyridine rings is 1. The molecule has 0 aliphatic carbocycles. The van der Waals surface area contributed by atoms with E-state index in [9.17, 15) is 22.8 Å². The highest BCUT2D eigenvalue weighted by atomic mass is 19.4. The van der Waals surface area contributed by atoms with E-state index in [-0.39, 0.29) is 35.2 Å². The monoisotopic (exact) mass is 491 g/mol. The number of amides is 2. The van der Waals surface area contributed by atoms with Crippen molar-refractivity contribution >= 4 is 12.0 Å². The third-order valence-corrected chi connectivity index (χ3v) is 4.34. The van der Waals surface area contributed by atoms with Crippen LogP contribution in [0.4, 0.5) is 18.0 Å². The van der Waals surface area contributed by atoms with Crippen LogP contribution in [0.2, 0.25) is 0 Å². The molecular weight excluding hydrogens is 463 g/mol. The Morgan fingerprint density at radius 3 is 2.49 bits per heavy atom. The fourth-order valence-electron chi connectivity index (χ4n) is 2.82. The number of hydrogen-bond acceptors (Lipinski definition) is 5. The van der Waals surface area contributed by atoms with Crippen molar-refractivity contribution in [2.75, 3.05) is 6.54 Å². The normalized spacial score (nSPS) is 11.3. The first-order valence-electron chi connectivity index (χ1n) is 10.9. The number of terminal acetylenes is 1. The van der Waals surface area contributed by atoms with E-state index in [0.717, 1.165) is 18.9 Å². The van der Waals surface area contributed by atoms with Crippen molar-refractivity contribution in [2.45, 2.75) is 58.4 Å². The minimum atomic E-state index is -4.73. The van der Waals surface area contributed by atoms with Crippen LogP contribution in [0.1, 0.15) is 61.6 Å². The third-order valence-electron chi connectivity index (χ3n) is 4.34. The van der Waals surface area contributed by atoms with Gasteiger partial charge in [0.15, 0.2) is 0 Å². The van der Waals surface area contributed by atoms with Crippen molar-refractivity contribution < 1.29 is 32.2 Å². The second-order valence-corrected chi connectivity index (χ2v) is 8.60. The summed E-state index contributed by atoms with van der Waals surface area (Å²) in [4.78, 5) is 27.7. The topological polar surface area (TPSA) is 89.6 Å². The molecule has 0 unspecified atom stereocenters. The van der Waals surface area contributed by atoms with E-state index in [1.165, 1.54) is 18.2 Å². The first kappa shape index (κ1) is 27.5. The van der Waals surface area contributed by atoms with Crippen molar-refractivity contribution in [3.8, 4) is 24.0 Å². The van der Waals surface area contributed by atoms with Crippen LogP contribution in [0.25, 0.3) is 0 Å². The van der Waals surface area contributed by atoms with Crippen LogP contribution in [-0.2, 0) is 17.5 Å². The number of alkyl halides is 3. The summed E-state index contributed by atoms with van der Waals surface area (Å²) in [5.41, 5.74) is -1.56. The Balaban J connectivity index is 2.14. The van der Waals surface area contributed by atoms with Gasteiger partial charge in [-0.05, 0) is 63.4 Å². The van der Waals surface area contributed by atoms with Gasteiger partial charge in [0.05, 0.1) is 0 Å². The molecule has 0 aliphatic rings. The number of carbonyl (C=O) groups is 2. The molecule has 2 rings (SSSR count). The number of carbonyl (C=O) groups excluding carboxylic acids is 2. The van der Waals surface area contributed by atoms with E-state index in [1.54, 1.807) is 32.9 Å². The summed E-state index contributed by atoms with van der Waals surface area (Å²) in [6.07, 6.45) is 1.81. The van der Waals surface area contributed by atoms with Gasteiger partial charge in [0.1, 0.15) is 17.0 Å². The van der Waals surface area contributed by atoms with Crippen molar-refractivity contribution in [1.82, 2.24) is 15.6 Å². The van der Waals surface area contributed by atoms with Gasteiger partial charge in [-0.15, -0.1) is 12.3 Å². The maximum Gasteiger partial charge on any atom is 0.433 e. The van der Waals surface area contributed by atoms with Gasteiger partial charge in [0, 0.05) is 31.1 Å². The SMILES string of the molecule is C#CCCCCNC(=O)c1cccc(Oc2cc(CNC(=O)OC(C)(C)C)cc(C(F)(F)F)n2)c1. The molecule has 0 fully saturated rings. The molecule has 188 valence electrons. The smallest absolute Gasteiger partial charge is 0.433 e. The lowest BCUT2D eigenvalue weighted by molar-refractivity contribution is -0.141. The maximum absolute atomic E-state index is 13.4. The van der Waals surface area contributed by atoms with Crippen LogP contribution in [0.15, 0.2) is 36.4 Å². The molecule has 0 aliphatic heterocycles. The van der Waals surface area contributed by atoms with Crippen molar-refractivity contribution in [3.05, 3.63) is 53.2 Å². The van der Waals surface area contributed by atoms with E-state index in [0.29, 0.717) is 13.0 Å². The molecule has 0 saturated carbocycles. The Hall–Kier alpha value is -3.74. The van der Waals surface area contributed by atoms with Crippen LogP contribution in [0.5, 0.6) is 11.6 Å². The molecule has 1 heterocycles. The number of benzene rings is 1. The van der Waals surface area contributed by atoms with E-state index < -0.39 is 23.6 Å². The van der Waals surface area contributed by atoms with E-state index in [4.69, 9.17) is 15.9 Å². The highest BCUT2D eigenvalue weighted by Crippen LogP contribution is 2.31. The zero-order chi connectivity index (χ0) is 26.1. The largest absolute Gasteiger partial charge is 0.444 e. The quantitative estimate of drug-likeness (QED) is 0.360. The molecule has 0 saturated heterocycles. The summed E-state index contributed by atoms with van der Waals surface area (Å²) in [5, 5.41) is 5.16. The van der Waals surface area contributed by atoms with Crippen LogP contribution in [0, 0.1) is 12.3 Å². The minimum absolute atomic E-state index is 0.106. The molecule has 1 aromatic carbocycles. The summed E-state index contributed by atoms with van der Waals surface area (Å²) in [6.45, 7) is 5.20. The summed E-state index contributed by atoms with van der Waals surface area (Å²) >= 11 is 0. The summed E-state index contributed by atoms with van der Waals surface area (Å²) < 4.78 is 50.8. The Labute approximate surface area is 202 Å². The van der Waals surface area contributed by atoms with Crippen molar-refractivity contribution in [3.63, 3.8) is 0 Å². The van der Waals surface area contributed by atoms with Gasteiger partial charge in [0.25, 0.3) is 5.91 Å². The minimum Gasteiger partial charge on any atom is -0.444 e. The Kier molecular flexibility index (Phi) is 9.51. The van der Waals surface area contributed by atoms with Gasteiger partial charge >= 0.3 is 12.3 Å². The fourth-order valence-corrected chi connectivity index (χ4v) is 2.82. The first-order valence-corrected chi connectivity index (χ1v) is 10.9. The number of rotatable bonds is 9. The van der Waals surface area contributed by atoms with Crippen LogP contribution in [0.3, 0.4) is 0 Å². The summed E-state index contributed by atoms with van der Waals surface area (Å²) in [7, 11) is 0. The van der Waals surface area contributed by atoms with Gasteiger partial charge in [-0.2, -0.15) is 13.2 Å². The molecule has 0 radical (unpaired) electrons. The zero-order valence-corrected chi connectivity index (χ0v) is 19.8. The predicted octanol–water partition coefficient (Wildman–Crippen LogP) is 5.45. The molecule has 0 spiro atoms. The molecule has 7 nitrogen and oxygen atoms in total. The van der Waals surface area contributed by atoms with E-state index >= 15 is 0 Å². The number of nitrogens with zero attached hydrogens (tertiary/aromatic N) is 1. The predicted molar refractivity (Wildman–Crippen MR) is 124 cm³/mol. The van der Waals surface area contributed by atoms with E-state index in [2.05, 4.69) is 21.5 Å². The third kappa shape index (κ3) is 9.96. The highest BCUT2D eigenvalue weighted by molar-refractivity contribution is 5.94. The number of halogens is 3. The average molecular weight is 492 g/mol. The second-order valence-electron chi connectivity index (χ2n) is 8.60. The summed E-state index contributed by atoms with van der Waals surface area (Å²) in [6, 6.07) is 8.07. The van der Waals surface area contributed by atoms with Gasteiger partial charge in [-0.25, -0.2) is 9.78 Å². The second kappa shape index (κ2) is 12.1. The van der Waals surface area contributed by atoms with Crippen LogP contribution in [-0.4, -0.2) is 29.1 Å². The zero-order valence-electron chi connectivity index (χ0n) is 19.8. The maximum atomic E-state index is 13.4. The number of aromatic nitrogens is 1. The lowest BCUT2D eigenvalue weighted by atomic mass is 10.2. The standard InChI is InChI=1S/C25H28F3N3O4/c1-5-6-7-8-12-29-22(32)18-10-9-11-19(15-18)34-21-14-17(13-20(31-21)25(26,27)28)16-30-23(33)35-24(2,3)4/h1,9-11,13-15H,6-8,12,16H2,2-4H3,(H,29,32)(H,30,33). The lowest BCUT2D eigenvalue weighted by Crippen LogP contribution is -2.32. The fraction of sp³-hybridized carbons (Fsp3) is 0.400. The molecule has 2 amide bonds. The molecular formula is C25H28F3N3O4. The number of ether oxygens (including phenoxy) is 2. The van der Waals surface area contributed by atoms with Gasteiger partial charge in [-0.3, -0.25) is 4.79 Å². The number of nitrogens with one attached hydrogen (secondary N) is 2. The number of unbranched alkanes of at least 4 members (excludes halogenated alkanes) is 2. The van der Waals surface area contributed by atoms with Crippen molar-refractivity contribution in [2.24, 2.45) is 0 Å². The molecule has 0 bridgehead atoms. The molecule has 35 heavy (non-hydrogen) atoms. The molecule has 1 aromatic heterocycles. The van der Waals surface area contributed by atoms with Gasteiger partial charge < -0.3 is 20.1 Å². The number of hydrogen-bond donors (Lipinski definition) is 2. The number of alkyl carbamates (subject to hydrolysis) is 1. The molecule has 10 heteroatoms. The molecule has 2 aromatic rings. The first-order chi connectivity index (χ1) is 16.4. The Morgan fingerprint density at radius 1 is 1.09 bits per heavy atom. The van der Waals surface area contributed by atoms with Crippen LogP contribution < -0.4 is 15.4 Å². The molecule has 2 N–H and O–H groups in total. The lowest BCUT2D eigenvalue weighted by Gasteiger charge is -2.20. The van der Waals surface area contributed by atoms with Gasteiger partial charge in [-0.1, -0.05) is 6.07 Å². The van der Waals surface area contributed by atoms with Crippen molar-refractivity contribution in [1.29, 1.82) is 0 Å². The van der Waals surface area contributed by atoms with E-state index in [1.807, 2.05) is 0 Å². The highest BCUT2D eigenvalue weighted by Gasteiger charge is 2.33. The Bertz CT molecular complexity index is 1070. The average Bonchev–Trinajstić information content (AvgIpc) is 2.76. The summed E-state index contributed by atoms with van der Waals surface area (Å²) in [5.74, 6) is 1.96.